The molecule has 29 heavy (non-hydrogen) atoms. The Balaban J connectivity index is 1.48. The molecule has 0 fully saturated rings. The minimum absolute atomic E-state index is 0.329. The van der Waals surface area contributed by atoms with Crippen LogP contribution in [0.2, 0.25) is 0 Å². The highest BCUT2D eigenvalue weighted by molar-refractivity contribution is 6.05. The van der Waals surface area contributed by atoms with E-state index in [1.54, 1.807) is 6.08 Å². The van der Waals surface area contributed by atoms with Crippen LogP contribution in [0.25, 0.3) is 11.8 Å². The molecule has 144 valence electrons. The molecule has 0 bridgehead atoms. The maximum Gasteiger partial charge on any atom is 0.343 e. The van der Waals surface area contributed by atoms with Crippen LogP contribution in [-0.2, 0) is 16.1 Å². The third-order valence-corrected chi connectivity index (χ3v) is 4.82. The molecule has 0 N–H and O–H groups in total. The summed E-state index contributed by atoms with van der Waals surface area (Å²) >= 11 is 0. The Kier molecular flexibility index (Phi) is 5.30. The SMILES string of the molecule is Cc1ccc(C2=C/C(=C\c3ccc(OCc4ccccc4)cc3)C(=O)O2)c(C)c1. The molecule has 3 nitrogen and oxygen atoms in total. The largest absolute Gasteiger partial charge is 0.489 e. The van der Waals surface area contributed by atoms with Crippen molar-refractivity contribution in [3.8, 4) is 5.75 Å². The van der Waals surface area contributed by atoms with Gasteiger partial charge in [0.15, 0.2) is 0 Å². The summed E-state index contributed by atoms with van der Waals surface area (Å²) in [4.78, 5) is 12.3. The molecule has 3 aromatic carbocycles. The van der Waals surface area contributed by atoms with Gasteiger partial charge in [0, 0.05) is 5.56 Å². The second-order valence-corrected chi connectivity index (χ2v) is 7.16. The number of rotatable bonds is 5. The van der Waals surface area contributed by atoms with Gasteiger partial charge in [0.2, 0.25) is 0 Å². The Hall–Kier alpha value is -3.59. The topological polar surface area (TPSA) is 35.5 Å². The Labute approximate surface area is 170 Å². The van der Waals surface area contributed by atoms with Crippen LogP contribution in [0.15, 0.2) is 84.4 Å². The van der Waals surface area contributed by atoms with Gasteiger partial charge in [-0.05, 0) is 54.8 Å². The monoisotopic (exact) mass is 382 g/mol. The molecule has 1 heterocycles. The summed E-state index contributed by atoms with van der Waals surface area (Å²) in [7, 11) is 0. The van der Waals surface area contributed by atoms with Crippen LogP contribution in [0.1, 0.15) is 27.8 Å². The van der Waals surface area contributed by atoms with Crippen molar-refractivity contribution in [2.45, 2.75) is 20.5 Å². The normalized spacial score (nSPS) is 14.6. The minimum atomic E-state index is -0.329. The van der Waals surface area contributed by atoms with Crippen molar-refractivity contribution in [1.29, 1.82) is 0 Å². The second-order valence-electron chi connectivity index (χ2n) is 7.16. The molecular formula is C26H22O3. The first-order valence-electron chi connectivity index (χ1n) is 9.58. The number of hydrogen-bond donors (Lipinski definition) is 0. The summed E-state index contributed by atoms with van der Waals surface area (Å²) in [5.74, 6) is 1.06. The van der Waals surface area contributed by atoms with E-state index in [0.29, 0.717) is 17.9 Å². The molecule has 1 aliphatic rings. The minimum Gasteiger partial charge on any atom is -0.489 e. The maximum absolute atomic E-state index is 12.3. The van der Waals surface area contributed by atoms with E-state index in [4.69, 9.17) is 9.47 Å². The lowest BCUT2D eigenvalue weighted by Crippen LogP contribution is -1.98. The van der Waals surface area contributed by atoms with Gasteiger partial charge in [-0.2, -0.15) is 0 Å². The molecular weight excluding hydrogens is 360 g/mol. The van der Waals surface area contributed by atoms with Gasteiger partial charge in [-0.25, -0.2) is 4.79 Å². The highest BCUT2D eigenvalue weighted by Crippen LogP contribution is 2.30. The molecule has 0 unspecified atom stereocenters. The standard InChI is InChI=1S/C26H22O3/c1-18-8-13-24(19(2)14-18)25-16-22(26(27)29-25)15-20-9-11-23(12-10-20)28-17-21-6-4-3-5-7-21/h3-16H,17H2,1-2H3/b22-15+. The van der Waals surface area contributed by atoms with E-state index in [2.05, 4.69) is 6.07 Å². The van der Waals surface area contributed by atoms with E-state index < -0.39 is 0 Å². The van der Waals surface area contributed by atoms with Gasteiger partial charge >= 0.3 is 5.97 Å². The zero-order valence-electron chi connectivity index (χ0n) is 16.5. The molecule has 3 aromatic rings. The van der Waals surface area contributed by atoms with Gasteiger partial charge in [-0.1, -0.05) is 66.2 Å². The van der Waals surface area contributed by atoms with Gasteiger partial charge in [0.25, 0.3) is 0 Å². The predicted molar refractivity (Wildman–Crippen MR) is 115 cm³/mol. The van der Waals surface area contributed by atoms with Gasteiger partial charge in [0.1, 0.15) is 18.1 Å². The van der Waals surface area contributed by atoms with Crippen molar-refractivity contribution in [1.82, 2.24) is 0 Å². The number of carbonyl (C=O) groups is 1. The summed E-state index contributed by atoms with van der Waals surface area (Å²) in [6, 6.07) is 23.8. The molecule has 0 saturated carbocycles. The van der Waals surface area contributed by atoms with Crippen molar-refractivity contribution in [2.75, 3.05) is 0 Å². The zero-order chi connectivity index (χ0) is 20.2. The summed E-state index contributed by atoms with van der Waals surface area (Å²) in [5.41, 5.74) is 5.79. The molecule has 0 saturated heterocycles. The quantitative estimate of drug-likeness (QED) is 0.409. The number of benzene rings is 3. The van der Waals surface area contributed by atoms with Crippen molar-refractivity contribution in [3.63, 3.8) is 0 Å². The molecule has 0 atom stereocenters. The fourth-order valence-electron chi connectivity index (χ4n) is 3.29. The lowest BCUT2D eigenvalue weighted by Gasteiger charge is -2.06. The fraction of sp³-hybridized carbons (Fsp3) is 0.115. The third kappa shape index (κ3) is 4.46. The van der Waals surface area contributed by atoms with Crippen LogP contribution in [-0.4, -0.2) is 5.97 Å². The first-order valence-corrected chi connectivity index (χ1v) is 9.58. The molecule has 0 spiro atoms. The average molecular weight is 382 g/mol. The van der Waals surface area contributed by atoms with Crippen LogP contribution >= 0.6 is 0 Å². The Morgan fingerprint density at radius 2 is 1.69 bits per heavy atom. The Morgan fingerprint density at radius 3 is 2.41 bits per heavy atom. The molecule has 0 aliphatic carbocycles. The summed E-state index contributed by atoms with van der Waals surface area (Å²) in [6.07, 6.45) is 3.64. The van der Waals surface area contributed by atoms with E-state index in [9.17, 15) is 4.79 Å². The average Bonchev–Trinajstić information content (AvgIpc) is 3.08. The highest BCUT2D eigenvalue weighted by atomic mass is 16.5. The van der Waals surface area contributed by atoms with Crippen molar-refractivity contribution >= 4 is 17.8 Å². The van der Waals surface area contributed by atoms with Crippen molar-refractivity contribution < 1.29 is 14.3 Å². The molecule has 0 radical (unpaired) electrons. The summed E-state index contributed by atoms with van der Waals surface area (Å²) in [6.45, 7) is 4.59. The molecule has 3 heteroatoms. The smallest absolute Gasteiger partial charge is 0.343 e. The second kappa shape index (κ2) is 8.19. The van der Waals surface area contributed by atoms with Crippen LogP contribution in [0.3, 0.4) is 0 Å². The molecule has 0 aromatic heterocycles. The molecule has 4 rings (SSSR count). The predicted octanol–water partition coefficient (Wildman–Crippen LogP) is 5.86. The lowest BCUT2D eigenvalue weighted by atomic mass is 10.0. The van der Waals surface area contributed by atoms with Crippen LogP contribution < -0.4 is 4.74 Å². The number of aryl methyl sites for hydroxylation is 2. The molecule has 1 aliphatic heterocycles. The van der Waals surface area contributed by atoms with Gasteiger partial charge in [-0.15, -0.1) is 0 Å². The van der Waals surface area contributed by atoms with E-state index in [1.807, 2.05) is 86.7 Å². The lowest BCUT2D eigenvalue weighted by molar-refractivity contribution is -0.130. The van der Waals surface area contributed by atoms with Crippen molar-refractivity contribution in [2.24, 2.45) is 0 Å². The Bertz CT molecular complexity index is 1090. The number of esters is 1. The van der Waals surface area contributed by atoms with Gasteiger partial charge < -0.3 is 9.47 Å². The zero-order valence-corrected chi connectivity index (χ0v) is 16.5. The van der Waals surface area contributed by atoms with Gasteiger partial charge in [0.05, 0.1) is 5.57 Å². The van der Waals surface area contributed by atoms with Crippen LogP contribution in [0, 0.1) is 13.8 Å². The van der Waals surface area contributed by atoms with E-state index in [0.717, 1.165) is 28.0 Å². The number of ether oxygens (including phenoxy) is 2. The molecule has 0 amide bonds. The summed E-state index contributed by atoms with van der Waals surface area (Å²) in [5, 5.41) is 0. The fourth-order valence-corrected chi connectivity index (χ4v) is 3.29. The number of cyclic esters (lactones) is 1. The first kappa shape index (κ1) is 18.8. The number of carbonyl (C=O) groups excluding carboxylic acids is 1. The van der Waals surface area contributed by atoms with E-state index in [-0.39, 0.29) is 5.97 Å². The Morgan fingerprint density at radius 1 is 0.931 bits per heavy atom. The highest BCUT2D eigenvalue weighted by Gasteiger charge is 2.22. The van der Waals surface area contributed by atoms with Crippen LogP contribution in [0.5, 0.6) is 5.75 Å². The first-order chi connectivity index (χ1) is 14.1. The number of hydrogen-bond acceptors (Lipinski definition) is 3. The van der Waals surface area contributed by atoms with E-state index in [1.165, 1.54) is 5.56 Å². The third-order valence-electron chi connectivity index (χ3n) is 4.82. The van der Waals surface area contributed by atoms with E-state index >= 15 is 0 Å². The van der Waals surface area contributed by atoms with Gasteiger partial charge in [-0.3, -0.25) is 0 Å². The van der Waals surface area contributed by atoms with Crippen molar-refractivity contribution in [3.05, 3.63) is 112 Å². The van der Waals surface area contributed by atoms with Crippen LogP contribution in [0.4, 0.5) is 0 Å². The maximum atomic E-state index is 12.3. The summed E-state index contributed by atoms with van der Waals surface area (Å²) < 4.78 is 11.3.